The number of nitrogens with zero attached hydrogens (tertiary/aromatic N) is 2. The van der Waals surface area contributed by atoms with E-state index in [1.54, 1.807) is 0 Å². The molecule has 0 aliphatic carbocycles. The average molecular weight is 479 g/mol. The lowest BCUT2D eigenvalue weighted by atomic mass is 10.1. The maximum atomic E-state index is 11.4. The molecule has 0 saturated carbocycles. The van der Waals surface area contributed by atoms with E-state index in [1.807, 2.05) is 6.20 Å². The first-order valence-electron chi connectivity index (χ1n) is 8.66. The zero-order chi connectivity index (χ0) is 23.6. The predicted octanol–water partition coefficient (Wildman–Crippen LogP) is 5.02. The summed E-state index contributed by atoms with van der Waals surface area (Å²) in [6.07, 6.45) is 11.8. The molecule has 0 aliphatic heterocycles. The van der Waals surface area contributed by atoms with E-state index in [9.17, 15) is 43.2 Å². The third-order valence-corrected chi connectivity index (χ3v) is 6.35. The Labute approximate surface area is 168 Å². The van der Waals surface area contributed by atoms with Crippen LogP contribution in [-0.4, -0.2) is 53.0 Å². The second kappa shape index (κ2) is 12.1. The zero-order valence-corrected chi connectivity index (χ0v) is 18.2. The summed E-state index contributed by atoms with van der Waals surface area (Å²) in [5, 5.41) is 0. The fourth-order valence-electron chi connectivity index (χ4n) is 1.78. The minimum atomic E-state index is -6.72. The van der Waals surface area contributed by atoms with Gasteiger partial charge in [0.15, 0.2) is 20.0 Å². The Bertz CT molecular complexity index is 645. The number of hydrogen-bond donors (Lipinski definition) is 0. The number of hydrogen-bond acceptors (Lipinski definition) is 4. The number of halogens is 6. The number of quaternary nitrogens is 1. The summed E-state index contributed by atoms with van der Waals surface area (Å²) in [5.41, 5.74) is -12.4. The van der Waals surface area contributed by atoms with Crippen molar-refractivity contribution in [3.8, 4) is 0 Å². The van der Waals surface area contributed by atoms with Crippen molar-refractivity contribution in [2.75, 3.05) is 20.6 Å². The van der Waals surface area contributed by atoms with Gasteiger partial charge in [0.1, 0.15) is 0 Å². The molecule has 0 amide bonds. The molecule has 176 valence electrons. The van der Waals surface area contributed by atoms with Crippen LogP contribution in [0.5, 0.6) is 0 Å². The quantitative estimate of drug-likeness (QED) is 0.237. The lowest BCUT2D eigenvalue weighted by molar-refractivity contribution is -0.838. The zero-order valence-electron chi connectivity index (χ0n) is 16.6. The molecule has 0 atom stereocenters. The summed E-state index contributed by atoms with van der Waals surface area (Å²) >= 11 is 0. The maximum Gasteiger partial charge on any atom is 0.480 e. The van der Waals surface area contributed by atoms with Crippen molar-refractivity contribution in [1.29, 1.82) is 0 Å². The van der Waals surface area contributed by atoms with Gasteiger partial charge in [-0.25, -0.2) is 16.8 Å². The van der Waals surface area contributed by atoms with Crippen molar-refractivity contribution in [1.82, 2.24) is 0 Å². The molecule has 0 bridgehead atoms. The van der Waals surface area contributed by atoms with Gasteiger partial charge >= 0.3 is 11.0 Å². The highest BCUT2D eigenvalue weighted by molar-refractivity contribution is 8.13. The van der Waals surface area contributed by atoms with Crippen molar-refractivity contribution in [3.63, 3.8) is 0 Å². The summed E-state index contributed by atoms with van der Waals surface area (Å²) < 4.78 is 110. The average Bonchev–Trinajstić information content (AvgIpc) is 2.51. The SMILES string of the molecule is C=C[N+](C)(C)CCCCCCCCC.O=S(=O)([N-]S(=O)(=O)C(F)(F)F)C(F)(F)F. The molecule has 0 aliphatic rings. The van der Waals surface area contributed by atoms with Crippen molar-refractivity contribution in [2.45, 2.75) is 62.9 Å². The van der Waals surface area contributed by atoms with Gasteiger partial charge in [0.2, 0.25) is 0 Å². The highest BCUT2D eigenvalue weighted by atomic mass is 32.3. The van der Waals surface area contributed by atoms with Crippen LogP contribution in [0, 0.1) is 0 Å². The molecule has 0 radical (unpaired) electrons. The van der Waals surface area contributed by atoms with Crippen LogP contribution in [-0.2, 0) is 20.0 Å². The van der Waals surface area contributed by atoms with Crippen LogP contribution in [0.2, 0.25) is 0 Å². The van der Waals surface area contributed by atoms with Crippen LogP contribution >= 0.6 is 0 Å². The van der Waals surface area contributed by atoms with Gasteiger partial charge in [0.25, 0.3) is 0 Å². The Morgan fingerprint density at radius 1 is 0.793 bits per heavy atom. The normalized spacial score (nSPS) is 13.6. The van der Waals surface area contributed by atoms with Crippen molar-refractivity contribution in [3.05, 3.63) is 16.9 Å². The highest BCUT2D eigenvalue weighted by Crippen LogP contribution is 2.36. The maximum absolute atomic E-state index is 11.4. The molecule has 0 spiro atoms. The first kappa shape index (κ1) is 30.3. The lowest BCUT2D eigenvalue weighted by Gasteiger charge is -2.24. The van der Waals surface area contributed by atoms with Gasteiger partial charge in [-0.2, -0.15) is 26.3 Å². The second-order valence-electron chi connectivity index (χ2n) is 6.72. The Morgan fingerprint density at radius 3 is 1.45 bits per heavy atom. The second-order valence-corrected chi connectivity index (χ2v) is 10.1. The van der Waals surface area contributed by atoms with Gasteiger partial charge in [0.05, 0.1) is 26.8 Å². The van der Waals surface area contributed by atoms with Crippen LogP contribution in [0.3, 0.4) is 0 Å². The largest absolute Gasteiger partial charge is 0.480 e. The van der Waals surface area contributed by atoms with Crippen molar-refractivity contribution in [2.24, 2.45) is 0 Å². The summed E-state index contributed by atoms with van der Waals surface area (Å²) in [4.78, 5) is 0. The van der Waals surface area contributed by atoms with Gasteiger partial charge in [-0.1, -0.05) is 39.0 Å². The van der Waals surface area contributed by atoms with E-state index in [0.717, 1.165) is 8.61 Å². The number of sulfonamides is 2. The predicted molar refractivity (Wildman–Crippen MR) is 98.5 cm³/mol. The van der Waals surface area contributed by atoms with Gasteiger partial charge in [-0.15, -0.1) is 0 Å². The van der Waals surface area contributed by atoms with E-state index in [4.69, 9.17) is 0 Å². The van der Waals surface area contributed by atoms with Crippen LogP contribution in [0.1, 0.15) is 51.9 Å². The van der Waals surface area contributed by atoms with Crippen LogP contribution in [0.4, 0.5) is 26.3 Å². The molecular formula is C15H28F6N2O4S2. The molecular weight excluding hydrogens is 450 g/mol. The van der Waals surface area contributed by atoms with Crippen LogP contribution in [0.25, 0.3) is 4.13 Å². The minimum absolute atomic E-state index is 0.778. The smallest absolute Gasteiger partial charge is 0.421 e. The van der Waals surface area contributed by atoms with Crippen LogP contribution < -0.4 is 0 Å². The summed E-state index contributed by atoms with van der Waals surface area (Å²) in [7, 11) is -9.02. The van der Waals surface area contributed by atoms with Crippen molar-refractivity contribution >= 4 is 20.0 Å². The Hall–Kier alpha value is -0.860. The molecule has 0 aromatic carbocycles. The third kappa shape index (κ3) is 13.1. The van der Waals surface area contributed by atoms with Gasteiger partial charge in [-0.05, 0) is 19.4 Å². The van der Waals surface area contributed by atoms with E-state index in [0.29, 0.717) is 0 Å². The lowest BCUT2D eigenvalue weighted by Crippen LogP contribution is -2.33. The molecule has 0 unspecified atom stereocenters. The third-order valence-electron chi connectivity index (χ3n) is 3.61. The number of alkyl halides is 6. The monoisotopic (exact) mass is 478 g/mol. The number of unbranched alkanes of at least 4 members (excludes halogenated alkanes) is 6. The molecule has 0 aromatic rings. The highest BCUT2D eigenvalue weighted by Gasteiger charge is 2.46. The summed E-state index contributed by atoms with van der Waals surface area (Å²) in [5.74, 6) is 0. The topological polar surface area (TPSA) is 82.4 Å². The summed E-state index contributed by atoms with van der Waals surface area (Å²) in [6.45, 7) is 7.35. The van der Waals surface area contributed by atoms with E-state index in [-0.39, 0.29) is 0 Å². The van der Waals surface area contributed by atoms with Crippen LogP contribution in [0.15, 0.2) is 12.8 Å². The van der Waals surface area contributed by atoms with Gasteiger partial charge < -0.3 is 8.61 Å². The molecule has 0 rings (SSSR count). The van der Waals surface area contributed by atoms with E-state index in [2.05, 4.69) is 27.6 Å². The first-order valence-corrected chi connectivity index (χ1v) is 11.5. The van der Waals surface area contributed by atoms with E-state index < -0.39 is 31.1 Å². The molecule has 29 heavy (non-hydrogen) atoms. The molecule has 0 N–H and O–H groups in total. The number of rotatable bonds is 11. The minimum Gasteiger partial charge on any atom is -0.421 e. The molecule has 14 heteroatoms. The van der Waals surface area contributed by atoms with E-state index >= 15 is 0 Å². The van der Waals surface area contributed by atoms with Crippen molar-refractivity contribution < 1.29 is 47.7 Å². The fraction of sp³-hybridized carbons (Fsp3) is 0.867. The molecule has 0 heterocycles. The van der Waals surface area contributed by atoms with Gasteiger partial charge in [-0.3, -0.25) is 0 Å². The Kier molecular flexibility index (Phi) is 12.7. The first-order chi connectivity index (χ1) is 12.8. The molecule has 0 fully saturated rings. The molecule has 6 nitrogen and oxygen atoms in total. The molecule has 0 aromatic heterocycles. The fourth-order valence-corrected chi connectivity index (χ4v) is 3.49. The Morgan fingerprint density at radius 2 is 1.14 bits per heavy atom. The standard InChI is InChI=1S/C13H28N.C2F6NO4S2/c1-5-7-8-9-10-11-12-13-14(3,4)6-2;3-1(4,5)14(10,11)9-15(12,13)2(6,7)8/h6H,2,5,7-13H2,1,3-4H3;/q+1;-1. The molecule has 0 saturated heterocycles. The van der Waals surface area contributed by atoms with Gasteiger partial charge in [0, 0.05) is 0 Å². The van der Waals surface area contributed by atoms with E-state index in [1.165, 1.54) is 51.5 Å². The Balaban J connectivity index is 0. The summed E-state index contributed by atoms with van der Waals surface area (Å²) in [6, 6.07) is 0.